The van der Waals surface area contributed by atoms with Crippen molar-refractivity contribution in [1.29, 1.82) is 0 Å². The Bertz CT molecular complexity index is 2680. The maximum atomic E-state index is 6.91. The molecule has 0 saturated heterocycles. The van der Waals surface area contributed by atoms with Gasteiger partial charge in [-0.1, -0.05) is 159 Å². The number of para-hydroxylation sites is 1. The van der Waals surface area contributed by atoms with E-state index >= 15 is 0 Å². The largest absolute Gasteiger partial charge is 0.457 e. The van der Waals surface area contributed by atoms with Crippen LogP contribution in [0.15, 0.2) is 164 Å². The Balaban J connectivity index is 1.16. The van der Waals surface area contributed by atoms with Crippen LogP contribution in [0.1, 0.15) is 47.2 Å². The summed E-state index contributed by atoms with van der Waals surface area (Å²) in [6.07, 6.45) is 0. The summed E-state index contributed by atoms with van der Waals surface area (Å²) in [6.45, 7) is 4.68. The van der Waals surface area contributed by atoms with Crippen molar-refractivity contribution in [3.63, 3.8) is 0 Å². The van der Waals surface area contributed by atoms with E-state index in [0.29, 0.717) is 17.5 Å². The van der Waals surface area contributed by atoms with Crippen LogP contribution < -0.4 is 4.74 Å². The molecule has 0 bridgehead atoms. The highest BCUT2D eigenvalue weighted by Crippen LogP contribution is 2.64. The molecule has 53 heavy (non-hydrogen) atoms. The maximum Gasteiger partial charge on any atom is 0.164 e. The first kappa shape index (κ1) is 30.0. The highest BCUT2D eigenvalue weighted by molar-refractivity contribution is 5.92. The van der Waals surface area contributed by atoms with Crippen LogP contribution in [0.2, 0.25) is 0 Å². The van der Waals surface area contributed by atoms with Gasteiger partial charge in [-0.25, -0.2) is 15.0 Å². The third kappa shape index (κ3) is 4.09. The summed E-state index contributed by atoms with van der Waals surface area (Å²) in [5, 5.41) is 0. The molecule has 8 aromatic rings. The first-order valence-electron chi connectivity index (χ1n) is 18.2. The van der Waals surface area contributed by atoms with Gasteiger partial charge in [0.25, 0.3) is 0 Å². The molecule has 11 rings (SSSR count). The Morgan fingerprint density at radius 1 is 0.377 bits per heavy atom. The molecule has 4 nitrogen and oxygen atoms in total. The molecular formula is C49H33N3O. The Morgan fingerprint density at radius 3 is 1.53 bits per heavy atom. The fourth-order valence-corrected chi connectivity index (χ4v) is 9.34. The van der Waals surface area contributed by atoms with Crippen molar-refractivity contribution in [3.05, 3.63) is 197 Å². The zero-order valence-corrected chi connectivity index (χ0v) is 29.3. The molecule has 0 N–H and O–H groups in total. The first-order chi connectivity index (χ1) is 26.0. The van der Waals surface area contributed by atoms with Crippen molar-refractivity contribution < 1.29 is 4.74 Å². The van der Waals surface area contributed by atoms with E-state index in [-0.39, 0.29) is 5.41 Å². The van der Waals surface area contributed by atoms with Crippen LogP contribution in [0.4, 0.5) is 0 Å². The molecule has 0 saturated carbocycles. The quantitative estimate of drug-likeness (QED) is 0.186. The summed E-state index contributed by atoms with van der Waals surface area (Å²) in [7, 11) is 0. The SMILES string of the molecule is CC1(C)c2cc3c(cc2-c2cccc(-c4nc(-c5ccccc5)nc(-c5ccccc5)n4)c21)Oc1ccccc1C31c2ccccc2-c2ccccc21. The molecule has 7 aromatic carbocycles. The van der Waals surface area contributed by atoms with E-state index in [1.54, 1.807) is 0 Å². The van der Waals surface area contributed by atoms with Gasteiger partial charge < -0.3 is 4.74 Å². The van der Waals surface area contributed by atoms with Gasteiger partial charge in [-0.2, -0.15) is 0 Å². The molecule has 1 aromatic heterocycles. The van der Waals surface area contributed by atoms with Crippen LogP contribution in [0.3, 0.4) is 0 Å². The first-order valence-corrected chi connectivity index (χ1v) is 18.2. The van der Waals surface area contributed by atoms with E-state index < -0.39 is 5.41 Å². The predicted molar refractivity (Wildman–Crippen MR) is 211 cm³/mol. The average Bonchev–Trinajstić information content (AvgIpc) is 3.63. The van der Waals surface area contributed by atoms with E-state index in [4.69, 9.17) is 19.7 Å². The summed E-state index contributed by atoms with van der Waals surface area (Å²) < 4.78 is 6.91. The summed E-state index contributed by atoms with van der Waals surface area (Å²) in [5.74, 6) is 3.76. The van der Waals surface area contributed by atoms with E-state index in [0.717, 1.165) is 28.2 Å². The number of hydrogen-bond donors (Lipinski definition) is 0. The number of ether oxygens (including phenoxy) is 1. The molecule has 2 heterocycles. The second-order valence-electron chi connectivity index (χ2n) is 14.7. The van der Waals surface area contributed by atoms with Crippen LogP contribution in [-0.4, -0.2) is 15.0 Å². The maximum absolute atomic E-state index is 6.91. The molecule has 2 aliphatic carbocycles. The molecule has 0 radical (unpaired) electrons. The Labute approximate surface area is 308 Å². The lowest BCUT2D eigenvalue weighted by Crippen LogP contribution is -2.32. The second-order valence-corrected chi connectivity index (χ2v) is 14.7. The highest BCUT2D eigenvalue weighted by Gasteiger charge is 2.52. The van der Waals surface area contributed by atoms with Crippen molar-refractivity contribution in [2.24, 2.45) is 0 Å². The van der Waals surface area contributed by atoms with E-state index in [2.05, 4.69) is 141 Å². The third-order valence-electron chi connectivity index (χ3n) is 11.6. The Kier molecular flexibility index (Phi) is 6.19. The van der Waals surface area contributed by atoms with Gasteiger partial charge in [-0.15, -0.1) is 0 Å². The number of nitrogens with zero attached hydrogens (tertiary/aromatic N) is 3. The zero-order valence-electron chi connectivity index (χ0n) is 29.3. The minimum atomic E-state index is -0.524. The molecule has 3 aliphatic rings. The van der Waals surface area contributed by atoms with E-state index in [1.807, 2.05) is 36.4 Å². The lowest BCUT2D eigenvalue weighted by molar-refractivity contribution is 0.436. The molecule has 0 unspecified atom stereocenters. The molecule has 0 amide bonds. The van der Waals surface area contributed by atoms with Gasteiger partial charge in [-0.05, 0) is 62.7 Å². The van der Waals surface area contributed by atoms with Gasteiger partial charge in [0.1, 0.15) is 11.5 Å². The van der Waals surface area contributed by atoms with Gasteiger partial charge in [0.2, 0.25) is 0 Å². The van der Waals surface area contributed by atoms with Crippen LogP contribution >= 0.6 is 0 Å². The summed E-state index contributed by atoms with van der Waals surface area (Å²) >= 11 is 0. The molecule has 0 atom stereocenters. The number of rotatable bonds is 3. The number of fused-ring (bicyclic) bond motifs is 12. The smallest absolute Gasteiger partial charge is 0.164 e. The van der Waals surface area contributed by atoms with Crippen LogP contribution in [-0.2, 0) is 10.8 Å². The predicted octanol–water partition coefficient (Wildman–Crippen LogP) is 11.6. The van der Waals surface area contributed by atoms with Crippen LogP contribution in [0, 0.1) is 0 Å². The van der Waals surface area contributed by atoms with Gasteiger partial charge in [-0.3, -0.25) is 0 Å². The summed E-state index contributed by atoms with van der Waals surface area (Å²) in [5.41, 5.74) is 14.3. The topological polar surface area (TPSA) is 47.9 Å². The van der Waals surface area contributed by atoms with Crippen molar-refractivity contribution >= 4 is 0 Å². The minimum absolute atomic E-state index is 0.376. The van der Waals surface area contributed by atoms with Gasteiger partial charge in [0.05, 0.1) is 5.41 Å². The summed E-state index contributed by atoms with van der Waals surface area (Å²) in [4.78, 5) is 15.3. The monoisotopic (exact) mass is 679 g/mol. The normalized spacial score (nSPS) is 14.7. The van der Waals surface area contributed by atoms with E-state index in [1.165, 1.54) is 55.6 Å². The van der Waals surface area contributed by atoms with Gasteiger partial charge >= 0.3 is 0 Å². The molecule has 4 heteroatoms. The fourth-order valence-electron chi connectivity index (χ4n) is 9.34. The molecule has 250 valence electrons. The number of benzene rings is 7. The van der Waals surface area contributed by atoms with Crippen molar-refractivity contribution in [1.82, 2.24) is 15.0 Å². The number of hydrogen-bond acceptors (Lipinski definition) is 4. The Hall–Kier alpha value is -6.65. The van der Waals surface area contributed by atoms with Crippen LogP contribution in [0.5, 0.6) is 11.5 Å². The molecular weight excluding hydrogens is 647 g/mol. The Morgan fingerprint density at radius 2 is 0.887 bits per heavy atom. The molecule has 1 aliphatic heterocycles. The van der Waals surface area contributed by atoms with Crippen molar-refractivity contribution in [2.75, 3.05) is 0 Å². The minimum Gasteiger partial charge on any atom is -0.457 e. The van der Waals surface area contributed by atoms with Crippen molar-refractivity contribution in [3.8, 4) is 67.9 Å². The van der Waals surface area contributed by atoms with Gasteiger partial charge in [0, 0.05) is 33.2 Å². The highest BCUT2D eigenvalue weighted by atomic mass is 16.5. The fraction of sp³-hybridized carbons (Fsp3) is 0.0816. The van der Waals surface area contributed by atoms with Crippen LogP contribution in [0.25, 0.3) is 56.4 Å². The zero-order chi connectivity index (χ0) is 35.3. The number of aromatic nitrogens is 3. The lowest BCUT2D eigenvalue weighted by atomic mass is 9.65. The van der Waals surface area contributed by atoms with E-state index in [9.17, 15) is 0 Å². The lowest BCUT2D eigenvalue weighted by Gasteiger charge is -2.40. The molecule has 1 spiro atoms. The van der Waals surface area contributed by atoms with Gasteiger partial charge in [0.15, 0.2) is 17.5 Å². The molecule has 0 fully saturated rings. The second kappa shape index (κ2) is 10.9. The van der Waals surface area contributed by atoms with Crippen molar-refractivity contribution in [2.45, 2.75) is 24.7 Å². The average molecular weight is 680 g/mol. The summed E-state index contributed by atoms with van der Waals surface area (Å²) in [6, 6.07) is 58.0. The standard InChI is InChI=1S/C49H33N3O/c1-48(2)40-29-41-43(53-42-27-14-13-26-39(42)49(41)37-24-11-9-20-32(37)33-21-10-12-25-38(33)49)28-36(40)34-22-15-23-35(44(34)48)47-51-45(30-16-5-3-6-17-30)50-46(52-47)31-18-7-4-8-19-31/h3-29H,1-2H3. The third-order valence-corrected chi connectivity index (χ3v) is 11.6.